The van der Waals surface area contributed by atoms with Crippen molar-refractivity contribution in [1.29, 1.82) is 0 Å². The molecule has 88 valence electrons. The number of carboxylic acid groups (broad SMARTS) is 1. The number of aromatic carboxylic acids is 1. The molecule has 1 aromatic carbocycles. The topological polar surface area (TPSA) is 55.1 Å². The van der Waals surface area contributed by atoms with Gasteiger partial charge in [0.1, 0.15) is 0 Å². The average Bonchev–Trinajstić information content (AvgIpc) is 2.53. The van der Waals surface area contributed by atoms with E-state index in [4.69, 9.17) is 5.11 Å². The van der Waals surface area contributed by atoms with Crippen LogP contribution in [-0.4, -0.2) is 20.9 Å². The normalized spacial score (nSPS) is 10.5. The van der Waals surface area contributed by atoms with Crippen LogP contribution in [0.5, 0.6) is 0 Å². The molecule has 0 amide bonds. The molecule has 0 unspecified atom stereocenters. The molecule has 1 N–H and O–H groups in total. The van der Waals surface area contributed by atoms with Crippen LogP contribution in [0.2, 0.25) is 0 Å². The fourth-order valence-corrected chi connectivity index (χ4v) is 2.00. The molecule has 1 aromatic heterocycles. The Bertz CT molecular complexity index is 585. The van der Waals surface area contributed by atoms with Crippen LogP contribution in [0.4, 0.5) is 0 Å². The number of carboxylic acids is 1. The lowest BCUT2D eigenvalue weighted by molar-refractivity contribution is 0.0697. The van der Waals surface area contributed by atoms with Crippen molar-refractivity contribution in [2.45, 2.75) is 13.8 Å². The number of rotatable bonds is 2. The van der Waals surface area contributed by atoms with Gasteiger partial charge < -0.3 is 5.11 Å². The van der Waals surface area contributed by atoms with Gasteiger partial charge in [-0.25, -0.2) is 4.79 Å². The molecule has 1 heterocycles. The van der Waals surface area contributed by atoms with Crippen LogP contribution < -0.4 is 0 Å². The minimum Gasteiger partial charge on any atom is -0.478 e. The van der Waals surface area contributed by atoms with Crippen LogP contribution in [0.15, 0.2) is 24.3 Å². The molecule has 0 fully saturated rings. The molecule has 0 saturated heterocycles. The molecule has 0 spiro atoms. The van der Waals surface area contributed by atoms with E-state index in [1.807, 2.05) is 27.0 Å². The number of hydrogen-bond acceptors (Lipinski definition) is 2. The monoisotopic (exact) mass is 230 g/mol. The van der Waals surface area contributed by atoms with E-state index in [1.165, 1.54) is 0 Å². The summed E-state index contributed by atoms with van der Waals surface area (Å²) in [4.78, 5) is 10.9. The van der Waals surface area contributed by atoms with Gasteiger partial charge in [0.05, 0.1) is 11.3 Å². The molecule has 0 bridgehead atoms. The smallest absolute Gasteiger partial charge is 0.335 e. The highest BCUT2D eigenvalue weighted by atomic mass is 16.4. The van der Waals surface area contributed by atoms with Crippen molar-refractivity contribution in [3.63, 3.8) is 0 Å². The highest BCUT2D eigenvalue weighted by molar-refractivity contribution is 5.89. The first-order valence-corrected chi connectivity index (χ1v) is 5.34. The molecule has 0 aliphatic carbocycles. The first-order chi connectivity index (χ1) is 8.00. The van der Waals surface area contributed by atoms with E-state index in [0.717, 1.165) is 22.5 Å². The van der Waals surface area contributed by atoms with Crippen LogP contribution in [0, 0.1) is 13.8 Å². The van der Waals surface area contributed by atoms with Gasteiger partial charge in [0, 0.05) is 18.3 Å². The molecule has 0 radical (unpaired) electrons. The largest absolute Gasteiger partial charge is 0.478 e. The Labute approximate surface area is 99.5 Å². The molecule has 2 aromatic rings. The SMILES string of the molecule is Cc1nn(C)c(C)c1-c1cccc(C(=O)O)c1. The van der Waals surface area contributed by atoms with Gasteiger partial charge >= 0.3 is 5.97 Å². The van der Waals surface area contributed by atoms with Crippen molar-refractivity contribution in [3.8, 4) is 11.1 Å². The molecule has 0 atom stereocenters. The standard InChI is InChI=1S/C13H14N2O2/c1-8-12(9(2)15(3)14-8)10-5-4-6-11(7-10)13(16)17/h4-7H,1-3H3,(H,16,17). The number of carbonyl (C=O) groups is 1. The van der Waals surface area contributed by atoms with Crippen LogP contribution >= 0.6 is 0 Å². The second-order valence-corrected chi connectivity index (χ2v) is 4.06. The van der Waals surface area contributed by atoms with Gasteiger partial charge in [0.2, 0.25) is 0 Å². The summed E-state index contributed by atoms with van der Waals surface area (Å²) in [5.74, 6) is -0.911. The molecule has 4 nitrogen and oxygen atoms in total. The second kappa shape index (κ2) is 4.05. The zero-order valence-corrected chi connectivity index (χ0v) is 10.1. The molecule has 0 saturated carbocycles. The minimum atomic E-state index is -0.911. The third kappa shape index (κ3) is 1.93. The zero-order valence-electron chi connectivity index (χ0n) is 10.1. The van der Waals surface area contributed by atoms with E-state index in [0.29, 0.717) is 5.56 Å². The van der Waals surface area contributed by atoms with Crippen LogP contribution in [-0.2, 0) is 7.05 Å². The van der Waals surface area contributed by atoms with Gasteiger partial charge in [-0.05, 0) is 31.5 Å². The van der Waals surface area contributed by atoms with Crippen molar-refractivity contribution in [1.82, 2.24) is 9.78 Å². The highest BCUT2D eigenvalue weighted by Crippen LogP contribution is 2.27. The summed E-state index contributed by atoms with van der Waals surface area (Å²) in [6.07, 6.45) is 0. The Kier molecular flexibility index (Phi) is 2.71. The molecular formula is C13H14N2O2. The minimum absolute atomic E-state index is 0.296. The van der Waals surface area contributed by atoms with Crippen molar-refractivity contribution in [2.75, 3.05) is 0 Å². The lowest BCUT2D eigenvalue weighted by atomic mass is 10.0. The number of hydrogen-bond donors (Lipinski definition) is 1. The number of aryl methyl sites for hydroxylation is 2. The van der Waals surface area contributed by atoms with E-state index >= 15 is 0 Å². The number of nitrogens with zero attached hydrogens (tertiary/aromatic N) is 2. The first-order valence-electron chi connectivity index (χ1n) is 5.34. The lowest BCUT2D eigenvalue weighted by Gasteiger charge is -2.03. The van der Waals surface area contributed by atoms with Crippen molar-refractivity contribution < 1.29 is 9.90 Å². The van der Waals surface area contributed by atoms with Gasteiger partial charge in [-0.3, -0.25) is 4.68 Å². The molecule has 4 heteroatoms. The predicted molar refractivity (Wildman–Crippen MR) is 65.1 cm³/mol. The van der Waals surface area contributed by atoms with E-state index < -0.39 is 5.97 Å². The van der Waals surface area contributed by atoms with E-state index in [9.17, 15) is 4.79 Å². The predicted octanol–water partition coefficient (Wildman–Crippen LogP) is 2.40. The number of benzene rings is 1. The van der Waals surface area contributed by atoms with E-state index in [1.54, 1.807) is 22.9 Å². The fraction of sp³-hybridized carbons (Fsp3) is 0.231. The fourth-order valence-electron chi connectivity index (χ4n) is 2.00. The van der Waals surface area contributed by atoms with Crippen LogP contribution in [0.3, 0.4) is 0 Å². The summed E-state index contributed by atoms with van der Waals surface area (Å²) in [5, 5.41) is 13.3. The van der Waals surface area contributed by atoms with Gasteiger partial charge in [0.25, 0.3) is 0 Å². The first kappa shape index (κ1) is 11.4. The van der Waals surface area contributed by atoms with Gasteiger partial charge in [-0.15, -0.1) is 0 Å². The maximum atomic E-state index is 10.9. The van der Waals surface area contributed by atoms with Gasteiger partial charge in [-0.2, -0.15) is 5.10 Å². The quantitative estimate of drug-likeness (QED) is 0.861. The van der Waals surface area contributed by atoms with Gasteiger partial charge in [-0.1, -0.05) is 12.1 Å². The summed E-state index contributed by atoms with van der Waals surface area (Å²) in [7, 11) is 1.88. The third-order valence-electron chi connectivity index (χ3n) is 2.91. The van der Waals surface area contributed by atoms with Crippen molar-refractivity contribution in [2.24, 2.45) is 7.05 Å². The maximum absolute atomic E-state index is 10.9. The molecular weight excluding hydrogens is 216 g/mol. The Hall–Kier alpha value is -2.10. The molecule has 0 aliphatic rings. The summed E-state index contributed by atoms with van der Waals surface area (Å²) in [5.41, 5.74) is 4.14. The van der Waals surface area contributed by atoms with Crippen molar-refractivity contribution in [3.05, 3.63) is 41.2 Å². The number of aromatic nitrogens is 2. The van der Waals surface area contributed by atoms with Crippen LogP contribution in [0.25, 0.3) is 11.1 Å². The van der Waals surface area contributed by atoms with Crippen molar-refractivity contribution >= 4 is 5.97 Å². The summed E-state index contributed by atoms with van der Waals surface area (Å²) in [6.45, 7) is 3.90. The average molecular weight is 230 g/mol. The Morgan fingerprint density at radius 1 is 1.35 bits per heavy atom. The third-order valence-corrected chi connectivity index (χ3v) is 2.91. The Morgan fingerprint density at radius 3 is 2.59 bits per heavy atom. The summed E-state index contributed by atoms with van der Waals surface area (Å²) < 4.78 is 1.80. The molecule has 0 aliphatic heterocycles. The summed E-state index contributed by atoms with van der Waals surface area (Å²) >= 11 is 0. The van der Waals surface area contributed by atoms with E-state index in [-0.39, 0.29) is 0 Å². The Morgan fingerprint density at radius 2 is 2.06 bits per heavy atom. The summed E-state index contributed by atoms with van der Waals surface area (Å²) in [6, 6.07) is 6.93. The molecule has 2 rings (SSSR count). The zero-order chi connectivity index (χ0) is 12.6. The Balaban J connectivity index is 2.60. The second-order valence-electron chi connectivity index (χ2n) is 4.06. The van der Waals surface area contributed by atoms with Gasteiger partial charge in [0.15, 0.2) is 0 Å². The highest BCUT2D eigenvalue weighted by Gasteiger charge is 2.13. The van der Waals surface area contributed by atoms with Crippen LogP contribution in [0.1, 0.15) is 21.7 Å². The van der Waals surface area contributed by atoms with E-state index in [2.05, 4.69) is 5.10 Å². The maximum Gasteiger partial charge on any atom is 0.335 e. The lowest BCUT2D eigenvalue weighted by Crippen LogP contribution is -1.96. The molecule has 17 heavy (non-hydrogen) atoms.